The van der Waals surface area contributed by atoms with E-state index in [9.17, 15) is 4.79 Å². The molecule has 1 aliphatic rings. The average Bonchev–Trinajstić information content (AvgIpc) is 2.48. The van der Waals surface area contributed by atoms with Crippen molar-refractivity contribution in [3.63, 3.8) is 0 Å². The summed E-state index contributed by atoms with van der Waals surface area (Å²) in [5, 5.41) is 0. The molecule has 0 aromatic heterocycles. The Morgan fingerprint density at radius 3 is 2.75 bits per heavy atom. The monoisotopic (exact) mass is 171 g/mol. The normalized spacial score (nSPS) is 28.9. The van der Waals surface area contributed by atoms with Crippen LogP contribution in [-0.2, 0) is 9.53 Å². The Morgan fingerprint density at radius 2 is 2.33 bits per heavy atom. The molecule has 1 fully saturated rings. The Bertz CT molecular complexity index is 170. The van der Waals surface area contributed by atoms with E-state index in [-0.39, 0.29) is 12.0 Å². The van der Waals surface area contributed by atoms with Crippen LogP contribution in [0.5, 0.6) is 0 Å². The first-order chi connectivity index (χ1) is 5.66. The Morgan fingerprint density at radius 1 is 1.67 bits per heavy atom. The molecule has 0 bridgehead atoms. The van der Waals surface area contributed by atoms with E-state index in [0.717, 1.165) is 19.6 Å². The molecular formula is C9H17NO2. The van der Waals surface area contributed by atoms with Crippen LogP contribution in [0.1, 0.15) is 20.3 Å². The summed E-state index contributed by atoms with van der Waals surface area (Å²) in [4.78, 5) is 13.3. The minimum atomic E-state index is -0.185. The van der Waals surface area contributed by atoms with E-state index in [1.54, 1.807) is 4.90 Å². The number of amides is 1. The van der Waals surface area contributed by atoms with Gasteiger partial charge in [-0.3, -0.25) is 4.79 Å². The van der Waals surface area contributed by atoms with Crippen molar-refractivity contribution in [2.75, 3.05) is 20.2 Å². The lowest BCUT2D eigenvalue weighted by Crippen LogP contribution is -2.38. The van der Waals surface area contributed by atoms with Gasteiger partial charge >= 0.3 is 0 Å². The summed E-state index contributed by atoms with van der Waals surface area (Å²) in [5.74, 6) is 0.508. The third-order valence-electron chi connectivity index (χ3n) is 2.48. The van der Waals surface area contributed by atoms with E-state index in [2.05, 4.69) is 6.92 Å². The van der Waals surface area contributed by atoms with E-state index in [0.29, 0.717) is 5.92 Å². The molecule has 0 aromatic carbocycles. The van der Waals surface area contributed by atoms with Gasteiger partial charge in [0.2, 0.25) is 0 Å². The second-order valence-electron chi connectivity index (χ2n) is 3.41. The summed E-state index contributed by atoms with van der Waals surface area (Å²) in [6.45, 7) is 5.52. The van der Waals surface area contributed by atoms with Gasteiger partial charge in [0, 0.05) is 20.2 Å². The molecule has 3 nitrogen and oxygen atoms in total. The van der Waals surface area contributed by atoms with Gasteiger partial charge in [-0.25, -0.2) is 0 Å². The third-order valence-corrected chi connectivity index (χ3v) is 2.48. The van der Waals surface area contributed by atoms with Crippen LogP contribution < -0.4 is 0 Å². The Hall–Kier alpha value is -0.570. The molecule has 0 unspecified atom stereocenters. The lowest BCUT2D eigenvalue weighted by molar-refractivity contribution is -0.140. The first-order valence-corrected chi connectivity index (χ1v) is 4.53. The van der Waals surface area contributed by atoms with Gasteiger partial charge in [-0.1, -0.05) is 6.92 Å². The molecule has 3 heteroatoms. The van der Waals surface area contributed by atoms with Gasteiger partial charge in [0.05, 0.1) is 0 Å². The van der Waals surface area contributed by atoms with Gasteiger partial charge in [0.25, 0.3) is 5.91 Å². The molecule has 0 radical (unpaired) electrons. The lowest BCUT2D eigenvalue weighted by Gasteiger charge is -2.21. The van der Waals surface area contributed by atoms with Crippen LogP contribution >= 0.6 is 0 Å². The summed E-state index contributed by atoms with van der Waals surface area (Å²) in [7, 11) is 1.82. The molecule has 0 spiro atoms. The number of likely N-dealkylation sites (N-methyl/N-ethyl adjacent to an activating group) is 1. The van der Waals surface area contributed by atoms with E-state index >= 15 is 0 Å². The van der Waals surface area contributed by atoms with E-state index in [4.69, 9.17) is 4.74 Å². The standard InChI is InChI=1S/C9H17NO2/c1-4-10(3)9(11)8-7(2)5-6-12-8/h7-8H,4-6H2,1-3H3/t7-,8+/m1/s1. The van der Waals surface area contributed by atoms with Crippen LogP contribution in [0.15, 0.2) is 0 Å². The molecule has 2 atom stereocenters. The number of nitrogens with zero attached hydrogens (tertiary/aromatic N) is 1. The highest BCUT2D eigenvalue weighted by Gasteiger charge is 2.32. The second-order valence-corrected chi connectivity index (χ2v) is 3.41. The Labute approximate surface area is 73.7 Å². The zero-order valence-corrected chi connectivity index (χ0v) is 8.04. The molecule has 70 valence electrons. The highest BCUT2D eigenvalue weighted by Crippen LogP contribution is 2.21. The molecule has 0 aliphatic carbocycles. The van der Waals surface area contributed by atoms with Crippen molar-refractivity contribution in [3.05, 3.63) is 0 Å². The third kappa shape index (κ3) is 1.78. The number of carbonyl (C=O) groups is 1. The SMILES string of the molecule is CCN(C)C(=O)[C@H]1OCC[C@H]1C. The number of carbonyl (C=O) groups excluding carboxylic acids is 1. The number of hydrogen-bond acceptors (Lipinski definition) is 2. The average molecular weight is 171 g/mol. The maximum Gasteiger partial charge on any atom is 0.251 e. The lowest BCUT2D eigenvalue weighted by atomic mass is 10.0. The highest BCUT2D eigenvalue weighted by molar-refractivity contribution is 5.81. The summed E-state index contributed by atoms with van der Waals surface area (Å²) in [6.07, 6.45) is 0.823. The van der Waals surface area contributed by atoms with Crippen LogP contribution in [0.25, 0.3) is 0 Å². The molecular weight excluding hydrogens is 154 g/mol. The summed E-state index contributed by atoms with van der Waals surface area (Å²) in [5.41, 5.74) is 0. The molecule has 0 saturated carbocycles. The van der Waals surface area contributed by atoms with Crippen molar-refractivity contribution in [3.8, 4) is 0 Å². The Kier molecular flexibility index (Phi) is 3.09. The van der Waals surface area contributed by atoms with Gasteiger partial charge in [-0.05, 0) is 19.3 Å². The van der Waals surface area contributed by atoms with Crippen LogP contribution in [0.3, 0.4) is 0 Å². The fourth-order valence-electron chi connectivity index (χ4n) is 1.38. The van der Waals surface area contributed by atoms with Crippen LogP contribution in [0, 0.1) is 5.92 Å². The van der Waals surface area contributed by atoms with Gasteiger partial charge in [-0.2, -0.15) is 0 Å². The maximum absolute atomic E-state index is 11.6. The van der Waals surface area contributed by atoms with Crippen molar-refractivity contribution in [1.29, 1.82) is 0 Å². The van der Waals surface area contributed by atoms with Crippen LogP contribution in [-0.4, -0.2) is 37.1 Å². The fraction of sp³-hybridized carbons (Fsp3) is 0.889. The predicted octanol–water partition coefficient (Wildman–Crippen LogP) is 0.890. The van der Waals surface area contributed by atoms with E-state index in [1.165, 1.54) is 0 Å². The molecule has 1 saturated heterocycles. The minimum absolute atomic E-state index is 0.127. The minimum Gasteiger partial charge on any atom is -0.368 e. The van der Waals surface area contributed by atoms with Gasteiger partial charge in [0.1, 0.15) is 6.10 Å². The van der Waals surface area contributed by atoms with Crippen molar-refractivity contribution in [1.82, 2.24) is 4.90 Å². The number of ether oxygens (including phenoxy) is 1. The summed E-state index contributed by atoms with van der Waals surface area (Å²) >= 11 is 0. The Balaban J connectivity index is 2.51. The predicted molar refractivity (Wildman–Crippen MR) is 46.8 cm³/mol. The second kappa shape index (κ2) is 3.90. The van der Waals surface area contributed by atoms with E-state index in [1.807, 2.05) is 14.0 Å². The number of rotatable bonds is 2. The smallest absolute Gasteiger partial charge is 0.251 e. The van der Waals surface area contributed by atoms with Crippen LogP contribution in [0.4, 0.5) is 0 Å². The van der Waals surface area contributed by atoms with Crippen LogP contribution in [0.2, 0.25) is 0 Å². The molecule has 1 heterocycles. The van der Waals surface area contributed by atoms with Crippen molar-refractivity contribution in [2.45, 2.75) is 26.4 Å². The quantitative estimate of drug-likeness (QED) is 0.617. The van der Waals surface area contributed by atoms with E-state index < -0.39 is 0 Å². The zero-order valence-electron chi connectivity index (χ0n) is 8.04. The topological polar surface area (TPSA) is 29.5 Å². The summed E-state index contributed by atoms with van der Waals surface area (Å²) < 4.78 is 5.36. The summed E-state index contributed by atoms with van der Waals surface area (Å²) in [6, 6.07) is 0. The maximum atomic E-state index is 11.6. The van der Waals surface area contributed by atoms with Gasteiger partial charge in [-0.15, -0.1) is 0 Å². The highest BCUT2D eigenvalue weighted by atomic mass is 16.5. The molecule has 1 aliphatic heterocycles. The molecule has 1 amide bonds. The zero-order chi connectivity index (χ0) is 9.14. The van der Waals surface area contributed by atoms with Crippen molar-refractivity contribution >= 4 is 5.91 Å². The van der Waals surface area contributed by atoms with Gasteiger partial charge < -0.3 is 9.64 Å². The van der Waals surface area contributed by atoms with Gasteiger partial charge in [0.15, 0.2) is 0 Å². The largest absolute Gasteiger partial charge is 0.368 e. The van der Waals surface area contributed by atoms with Crippen molar-refractivity contribution < 1.29 is 9.53 Å². The van der Waals surface area contributed by atoms with Crippen molar-refractivity contribution in [2.24, 2.45) is 5.92 Å². The fourth-order valence-corrected chi connectivity index (χ4v) is 1.38. The molecule has 12 heavy (non-hydrogen) atoms. The number of hydrogen-bond donors (Lipinski definition) is 0. The molecule has 0 aromatic rings. The first-order valence-electron chi connectivity index (χ1n) is 4.53. The first kappa shape index (κ1) is 9.52. The molecule has 0 N–H and O–H groups in total. The molecule has 1 rings (SSSR count).